The van der Waals surface area contributed by atoms with Crippen LogP contribution < -0.4 is 5.73 Å². The molecule has 0 amide bonds. The number of anilines is 1. The van der Waals surface area contributed by atoms with Crippen molar-refractivity contribution in [2.24, 2.45) is 0 Å². The van der Waals surface area contributed by atoms with E-state index in [4.69, 9.17) is 11.0 Å². The van der Waals surface area contributed by atoms with Crippen LogP contribution in [0.5, 0.6) is 0 Å². The van der Waals surface area contributed by atoms with E-state index in [1.54, 1.807) is 12.3 Å². The van der Waals surface area contributed by atoms with Gasteiger partial charge in [0.2, 0.25) is 0 Å². The minimum Gasteiger partial charge on any atom is -0.398 e. The number of hydrogen-bond acceptors (Lipinski definition) is 3. The van der Waals surface area contributed by atoms with Gasteiger partial charge in [0.15, 0.2) is 0 Å². The van der Waals surface area contributed by atoms with Gasteiger partial charge in [-0.2, -0.15) is 10.4 Å². The van der Waals surface area contributed by atoms with E-state index in [-0.39, 0.29) is 0 Å². The standard InChI is InChI=1S/C12H12N4/c1-2-16-8-9(7-15-16)10-4-3-5-12(14)11(10)6-13/h3-5,7-8H,2,14H2,1H3. The average Bonchev–Trinajstić information content (AvgIpc) is 2.77. The highest BCUT2D eigenvalue weighted by atomic mass is 15.3. The second-order valence-electron chi connectivity index (χ2n) is 3.47. The molecule has 0 radical (unpaired) electrons. The van der Waals surface area contributed by atoms with Gasteiger partial charge in [-0.1, -0.05) is 12.1 Å². The van der Waals surface area contributed by atoms with Crippen molar-refractivity contribution in [1.29, 1.82) is 5.26 Å². The summed E-state index contributed by atoms with van der Waals surface area (Å²) in [6.45, 7) is 2.82. The molecule has 4 heteroatoms. The molecule has 1 aromatic heterocycles. The SMILES string of the molecule is CCn1cc(-c2cccc(N)c2C#N)cn1. The lowest BCUT2D eigenvalue weighted by molar-refractivity contribution is 0.660. The summed E-state index contributed by atoms with van der Waals surface area (Å²) in [4.78, 5) is 0. The van der Waals surface area contributed by atoms with Crippen LogP contribution in [-0.4, -0.2) is 9.78 Å². The lowest BCUT2D eigenvalue weighted by atomic mass is 10.0. The van der Waals surface area contributed by atoms with Crippen molar-refractivity contribution in [2.45, 2.75) is 13.5 Å². The molecule has 0 aliphatic heterocycles. The largest absolute Gasteiger partial charge is 0.398 e. The summed E-state index contributed by atoms with van der Waals surface area (Å²) in [5.74, 6) is 0. The minimum absolute atomic E-state index is 0.504. The maximum absolute atomic E-state index is 9.07. The van der Waals surface area contributed by atoms with E-state index in [9.17, 15) is 0 Å². The van der Waals surface area contributed by atoms with Crippen molar-refractivity contribution >= 4 is 5.69 Å². The van der Waals surface area contributed by atoms with Crippen LogP contribution in [0, 0.1) is 11.3 Å². The Balaban J connectivity index is 2.56. The van der Waals surface area contributed by atoms with Gasteiger partial charge in [-0.15, -0.1) is 0 Å². The highest BCUT2D eigenvalue weighted by Gasteiger charge is 2.09. The number of rotatable bonds is 2. The van der Waals surface area contributed by atoms with E-state index in [1.165, 1.54) is 0 Å². The summed E-state index contributed by atoms with van der Waals surface area (Å²) in [5, 5.41) is 13.2. The Bertz CT molecular complexity index is 548. The molecule has 0 unspecified atom stereocenters. The maximum atomic E-state index is 9.07. The first kappa shape index (κ1) is 10.2. The molecule has 4 nitrogen and oxygen atoms in total. The third-order valence-electron chi connectivity index (χ3n) is 2.48. The molecule has 0 spiro atoms. The second-order valence-corrected chi connectivity index (χ2v) is 3.47. The summed E-state index contributed by atoms with van der Waals surface area (Å²) >= 11 is 0. The summed E-state index contributed by atoms with van der Waals surface area (Å²) in [6, 6.07) is 7.58. The van der Waals surface area contributed by atoms with Gasteiger partial charge in [-0.05, 0) is 13.0 Å². The lowest BCUT2D eigenvalue weighted by Crippen LogP contribution is -1.93. The number of benzene rings is 1. The fraction of sp³-hybridized carbons (Fsp3) is 0.167. The Morgan fingerprint density at radius 2 is 2.31 bits per heavy atom. The fourth-order valence-corrected chi connectivity index (χ4v) is 1.61. The van der Waals surface area contributed by atoms with E-state index in [0.717, 1.165) is 17.7 Å². The van der Waals surface area contributed by atoms with Crippen molar-refractivity contribution in [3.63, 3.8) is 0 Å². The van der Waals surface area contributed by atoms with Crippen LogP contribution in [0.3, 0.4) is 0 Å². The number of aromatic nitrogens is 2. The van der Waals surface area contributed by atoms with Gasteiger partial charge in [0.1, 0.15) is 6.07 Å². The van der Waals surface area contributed by atoms with E-state index in [2.05, 4.69) is 11.2 Å². The molecule has 2 aromatic rings. The van der Waals surface area contributed by atoms with Gasteiger partial charge in [-0.3, -0.25) is 4.68 Å². The Hall–Kier alpha value is -2.28. The molecular formula is C12H12N4. The Morgan fingerprint density at radius 1 is 1.50 bits per heavy atom. The fourth-order valence-electron chi connectivity index (χ4n) is 1.61. The summed E-state index contributed by atoms with van der Waals surface area (Å²) in [7, 11) is 0. The van der Waals surface area contributed by atoms with Gasteiger partial charge in [-0.25, -0.2) is 0 Å². The quantitative estimate of drug-likeness (QED) is 0.774. The summed E-state index contributed by atoms with van der Waals surface area (Å²) in [5.41, 5.74) is 8.53. The summed E-state index contributed by atoms with van der Waals surface area (Å²) in [6.07, 6.45) is 3.66. The molecule has 2 rings (SSSR count). The number of aryl methyl sites for hydroxylation is 1. The van der Waals surface area contributed by atoms with E-state index < -0.39 is 0 Å². The Kier molecular flexibility index (Phi) is 2.61. The van der Waals surface area contributed by atoms with Crippen molar-refractivity contribution < 1.29 is 0 Å². The highest BCUT2D eigenvalue weighted by Crippen LogP contribution is 2.26. The van der Waals surface area contributed by atoms with Gasteiger partial charge in [0, 0.05) is 23.9 Å². The number of nitrogens with zero attached hydrogens (tertiary/aromatic N) is 3. The zero-order valence-electron chi connectivity index (χ0n) is 9.01. The first-order chi connectivity index (χ1) is 7.76. The Labute approximate surface area is 93.9 Å². The average molecular weight is 212 g/mol. The van der Waals surface area contributed by atoms with E-state index in [1.807, 2.05) is 29.9 Å². The summed E-state index contributed by atoms with van der Waals surface area (Å²) < 4.78 is 1.82. The predicted molar refractivity (Wildman–Crippen MR) is 62.5 cm³/mol. The molecule has 0 saturated carbocycles. The second kappa shape index (κ2) is 4.07. The molecule has 0 atom stereocenters. The monoisotopic (exact) mass is 212 g/mol. The molecule has 0 bridgehead atoms. The van der Waals surface area contributed by atoms with Crippen molar-refractivity contribution in [2.75, 3.05) is 5.73 Å². The number of hydrogen-bond donors (Lipinski definition) is 1. The predicted octanol–water partition coefficient (Wildman–Crippen LogP) is 2.02. The maximum Gasteiger partial charge on any atom is 0.102 e. The zero-order valence-corrected chi connectivity index (χ0v) is 9.01. The lowest BCUT2D eigenvalue weighted by Gasteiger charge is -2.03. The van der Waals surface area contributed by atoms with Crippen LogP contribution in [-0.2, 0) is 6.54 Å². The van der Waals surface area contributed by atoms with Gasteiger partial charge >= 0.3 is 0 Å². The van der Waals surface area contributed by atoms with Crippen LogP contribution >= 0.6 is 0 Å². The van der Waals surface area contributed by atoms with Gasteiger partial charge in [0.05, 0.1) is 17.4 Å². The normalized spacial score (nSPS) is 10.0. The van der Waals surface area contributed by atoms with E-state index in [0.29, 0.717) is 11.3 Å². The van der Waals surface area contributed by atoms with Crippen LogP contribution in [0.4, 0.5) is 5.69 Å². The molecule has 0 aliphatic carbocycles. The molecule has 0 aliphatic rings. The van der Waals surface area contributed by atoms with Crippen molar-refractivity contribution in [3.05, 3.63) is 36.2 Å². The third kappa shape index (κ3) is 1.63. The molecule has 1 aromatic carbocycles. The molecule has 2 N–H and O–H groups in total. The molecular weight excluding hydrogens is 200 g/mol. The zero-order chi connectivity index (χ0) is 11.5. The smallest absolute Gasteiger partial charge is 0.102 e. The van der Waals surface area contributed by atoms with Gasteiger partial charge < -0.3 is 5.73 Å². The number of nitriles is 1. The van der Waals surface area contributed by atoms with Crippen LogP contribution in [0.25, 0.3) is 11.1 Å². The third-order valence-corrected chi connectivity index (χ3v) is 2.48. The molecule has 16 heavy (non-hydrogen) atoms. The molecule has 80 valence electrons. The number of nitrogens with two attached hydrogens (primary N) is 1. The molecule has 0 saturated heterocycles. The van der Waals surface area contributed by atoms with Crippen LogP contribution in [0.15, 0.2) is 30.6 Å². The first-order valence-corrected chi connectivity index (χ1v) is 5.07. The minimum atomic E-state index is 0.504. The van der Waals surface area contributed by atoms with Gasteiger partial charge in [0.25, 0.3) is 0 Å². The molecule has 0 fully saturated rings. The topological polar surface area (TPSA) is 67.6 Å². The highest BCUT2D eigenvalue weighted by molar-refractivity contribution is 5.76. The van der Waals surface area contributed by atoms with E-state index >= 15 is 0 Å². The molecule has 1 heterocycles. The van der Waals surface area contributed by atoms with Crippen LogP contribution in [0.2, 0.25) is 0 Å². The first-order valence-electron chi connectivity index (χ1n) is 5.07. The van der Waals surface area contributed by atoms with Crippen LogP contribution in [0.1, 0.15) is 12.5 Å². The van der Waals surface area contributed by atoms with Crippen molar-refractivity contribution in [1.82, 2.24) is 9.78 Å². The van der Waals surface area contributed by atoms with Crippen molar-refractivity contribution in [3.8, 4) is 17.2 Å². The Morgan fingerprint density at radius 3 is 2.94 bits per heavy atom. The number of nitrogen functional groups attached to an aromatic ring is 1.